The second-order valence-electron chi connectivity index (χ2n) is 5.26. The van der Waals surface area contributed by atoms with Crippen molar-refractivity contribution in [3.05, 3.63) is 0 Å². The Balaban J connectivity index is 2.76. The number of rotatable bonds is 5. The van der Waals surface area contributed by atoms with Crippen LogP contribution in [0.3, 0.4) is 0 Å². The lowest BCUT2D eigenvalue weighted by Crippen LogP contribution is -2.57. The summed E-state index contributed by atoms with van der Waals surface area (Å²) in [5.74, 6) is -1.80. The number of carbonyl (C=O) groups excluding carboxylic acids is 2. The van der Waals surface area contributed by atoms with Crippen LogP contribution in [-0.2, 0) is 9.59 Å². The first-order chi connectivity index (χ1) is 9.38. The minimum absolute atomic E-state index is 0.187. The fourth-order valence-corrected chi connectivity index (χ4v) is 2.37. The first kappa shape index (κ1) is 16.3. The minimum Gasteiger partial charge on any atom is -0.480 e. The molecule has 1 aliphatic rings. The molecule has 7 nitrogen and oxygen atoms in total. The van der Waals surface area contributed by atoms with Crippen molar-refractivity contribution in [1.29, 1.82) is 0 Å². The van der Waals surface area contributed by atoms with E-state index in [4.69, 9.17) is 5.73 Å². The van der Waals surface area contributed by atoms with Crippen LogP contribution in [0.4, 0.5) is 4.79 Å². The lowest BCUT2D eigenvalue weighted by atomic mass is 9.99. The van der Waals surface area contributed by atoms with Crippen LogP contribution in [-0.4, -0.2) is 46.5 Å². The van der Waals surface area contributed by atoms with Gasteiger partial charge >= 0.3 is 12.0 Å². The predicted octanol–water partition coefficient (Wildman–Crippen LogP) is 0.535. The smallest absolute Gasteiger partial charge is 0.326 e. The van der Waals surface area contributed by atoms with Gasteiger partial charge in [0.2, 0.25) is 5.91 Å². The monoisotopic (exact) mass is 285 g/mol. The summed E-state index contributed by atoms with van der Waals surface area (Å²) in [5, 5.41) is 11.7. The summed E-state index contributed by atoms with van der Waals surface area (Å²) in [6, 6.07) is -2.13. The minimum atomic E-state index is -1.07. The molecule has 4 N–H and O–H groups in total. The maximum atomic E-state index is 12.2. The van der Waals surface area contributed by atoms with Crippen molar-refractivity contribution in [3.8, 4) is 0 Å². The summed E-state index contributed by atoms with van der Waals surface area (Å²) in [4.78, 5) is 36.1. The van der Waals surface area contributed by atoms with Crippen molar-refractivity contribution in [2.75, 3.05) is 6.54 Å². The maximum Gasteiger partial charge on any atom is 0.326 e. The van der Waals surface area contributed by atoms with Crippen LogP contribution in [0, 0.1) is 5.92 Å². The zero-order valence-electron chi connectivity index (χ0n) is 12.0. The van der Waals surface area contributed by atoms with Gasteiger partial charge in [0.05, 0.1) is 0 Å². The van der Waals surface area contributed by atoms with Crippen LogP contribution in [0.5, 0.6) is 0 Å². The molecule has 0 radical (unpaired) electrons. The van der Waals surface area contributed by atoms with Crippen LogP contribution >= 0.6 is 0 Å². The number of hydrogen-bond acceptors (Lipinski definition) is 3. The van der Waals surface area contributed by atoms with Gasteiger partial charge in [-0.15, -0.1) is 0 Å². The Bertz CT molecular complexity index is 386. The average Bonchev–Trinajstić information content (AvgIpc) is 2.43. The van der Waals surface area contributed by atoms with Crippen LogP contribution in [0.15, 0.2) is 0 Å². The topological polar surface area (TPSA) is 113 Å². The molecule has 0 bridgehead atoms. The Morgan fingerprint density at radius 2 is 2.05 bits per heavy atom. The highest BCUT2D eigenvalue weighted by Crippen LogP contribution is 2.17. The Labute approximate surface area is 118 Å². The van der Waals surface area contributed by atoms with E-state index in [1.54, 1.807) is 6.92 Å². The van der Waals surface area contributed by atoms with Crippen LogP contribution in [0.25, 0.3) is 0 Å². The molecule has 1 heterocycles. The van der Waals surface area contributed by atoms with Gasteiger partial charge in [0.25, 0.3) is 0 Å². The van der Waals surface area contributed by atoms with Gasteiger partial charge in [0.1, 0.15) is 12.1 Å². The van der Waals surface area contributed by atoms with Gasteiger partial charge in [-0.25, -0.2) is 9.59 Å². The number of carboxylic acids is 1. The van der Waals surface area contributed by atoms with E-state index in [1.807, 2.05) is 6.92 Å². The molecule has 0 aromatic heterocycles. The van der Waals surface area contributed by atoms with E-state index in [0.717, 1.165) is 12.8 Å². The molecule has 1 aliphatic heterocycles. The van der Waals surface area contributed by atoms with E-state index in [2.05, 4.69) is 5.32 Å². The largest absolute Gasteiger partial charge is 0.480 e. The van der Waals surface area contributed by atoms with E-state index in [-0.39, 0.29) is 5.92 Å². The number of nitrogens with two attached hydrogens (primary N) is 1. The number of amides is 3. The van der Waals surface area contributed by atoms with Gasteiger partial charge < -0.3 is 21.1 Å². The quantitative estimate of drug-likeness (QED) is 0.684. The molecule has 1 rings (SSSR count). The molecule has 1 fully saturated rings. The fourth-order valence-electron chi connectivity index (χ4n) is 2.37. The molecule has 3 amide bonds. The number of primary amides is 1. The van der Waals surface area contributed by atoms with Gasteiger partial charge in [-0.2, -0.15) is 0 Å². The molecule has 0 aromatic rings. The van der Waals surface area contributed by atoms with Crippen LogP contribution in [0.1, 0.15) is 39.5 Å². The lowest BCUT2D eigenvalue weighted by Gasteiger charge is -2.35. The average molecular weight is 285 g/mol. The number of urea groups is 1. The molecular formula is C13H23N3O4. The van der Waals surface area contributed by atoms with Crippen molar-refractivity contribution in [2.45, 2.75) is 51.6 Å². The summed E-state index contributed by atoms with van der Waals surface area (Å²) in [6.45, 7) is 4.05. The molecule has 20 heavy (non-hydrogen) atoms. The molecule has 1 unspecified atom stereocenters. The second-order valence-corrected chi connectivity index (χ2v) is 5.26. The van der Waals surface area contributed by atoms with Crippen LogP contribution in [0.2, 0.25) is 0 Å². The Hall–Kier alpha value is -1.79. The van der Waals surface area contributed by atoms with Crippen molar-refractivity contribution in [3.63, 3.8) is 0 Å². The van der Waals surface area contributed by atoms with Crippen molar-refractivity contribution in [2.24, 2.45) is 11.7 Å². The summed E-state index contributed by atoms with van der Waals surface area (Å²) >= 11 is 0. The molecule has 114 valence electrons. The van der Waals surface area contributed by atoms with E-state index < -0.39 is 30.0 Å². The van der Waals surface area contributed by atoms with Crippen LogP contribution < -0.4 is 11.1 Å². The van der Waals surface area contributed by atoms with Gasteiger partial charge in [-0.05, 0) is 25.2 Å². The third kappa shape index (κ3) is 3.85. The zero-order chi connectivity index (χ0) is 15.3. The van der Waals surface area contributed by atoms with Gasteiger partial charge in [0, 0.05) is 6.54 Å². The Morgan fingerprint density at radius 1 is 1.40 bits per heavy atom. The van der Waals surface area contributed by atoms with Crippen molar-refractivity contribution >= 4 is 17.9 Å². The molecule has 0 aliphatic carbocycles. The van der Waals surface area contributed by atoms with Gasteiger partial charge in [-0.1, -0.05) is 20.3 Å². The standard InChI is InChI=1S/C13H23N3O4/c1-3-8(2)10(12(18)19)15-13(20)16-7-5-4-6-9(16)11(14)17/h8-10H,3-7H2,1-2H3,(H2,14,17)(H,15,20)(H,18,19)/t8-,9?,10-/m0/s1. The normalized spacial score (nSPS) is 21.9. The summed E-state index contributed by atoms with van der Waals surface area (Å²) in [6.07, 6.45) is 2.80. The number of carbonyl (C=O) groups is 3. The van der Waals surface area contributed by atoms with Crippen molar-refractivity contribution in [1.82, 2.24) is 10.2 Å². The fraction of sp³-hybridized carbons (Fsp3) is 0.769. The predicted molar refractivity (Wildman–Crippen MR) is 72.9 cm³/mol. The molecule has 0 saturated carbocycles. The molecule has 0 spiro atoms. The van der Waals surface area contributed by atoms with E-state index in [9.17, 15) is 19.5 Å². The summed E-state index contributed by atoms with van der Waals surface area (Å²) in [7, 11) is 0. The molecular weight excluding hydrogens is 262 g/mol. The van der Waals surface area contributed by atoms with Gasteiger partial charge in [0.15, 0.2) is 0 Å². The highest BCUT2D eigenvalue weighted by atomic mass is 16.4. The van der Waals surface area contributed by atoms with E-state index in [1.165, 1.54) is 4.90 Å². The number of nitrogens with zero attached hydrogens (tertiary/aromatic N) is 1. The first-order valence-corrected chi connectivity index (χ1v) is 6.97. The summed E-state index contributed by atoms with van der Waals surface area (Å²) < 4.78 is 0. The third-order valence-corrected chi connectivity index (χ3v) is 3.85. The Kier molecular flexibility index (Phi) is 5.79. The third-order valence-electron chi connectivity index (χ3n) is 3.85. The van der Waals surface area contributed by atoms with Crippen molar-refractivity contribution < 1.29 is 19.5 Å². The highest BCUT2D eigenvalue weighted by molar-refractivity contribution is 5.88. The first-order valence-electron chi connectivity index (χ1n) is 6.97. The number of piperidine rings is 1. The van der Waals surface area contributed by atoms with E-state index in [0.29, 0.717) is 19.4 Å². The number of carboxylic acid groups (broad SMARTS) is 1. The maximum absolute atomic E-state index is 12.2. The zero-order valence-corrected chi connectivity index (χ0v) is 12.0. The molecule has 1 saturated heterocycles. The Morgan fingerprint density at radius 3 is 2.55 bits per heavy atom. The highest BCUT2D eigenvalue weighted by Gasteiger charge is 2.33. The summed E-state index contributed by atoms with van der Waals surface area (Å²) in [5.41, 5.74) is 5.30. The lowest BCUT2D eigenvalue weighted by molar-refractivity contribution is -0.140. The molecule has 7 heteroatoms. The molecule has 3 atom stereocenters. The van der Waals surface area contributed by atoms with E-state index >= 15 is 0 Å². The van der Waals surface area contributed by atoms with Gasteiger partial charge in [-0.3, -0.25) is 4.79 Å². The number of nitrogens with one attached hydrogen (secondary N) is 1. The second kappa shape index (κ2) is 7.12. The number of hydrogen-bond donors (Lipinski definition) is 3. The number of aliphatic carboxylic acids is 1. The molecule has 0 aromatic carbocycles. The SMILES string of the molecule is CC[C@H](C)[C@H](NC(=O)N1CCCCC1C(N)=O)C(=O)O. The number of likely N-dealkylation sites (tertiary alicyclic amines) is 1.